The number of nitrogen functional groups attached to an aromatic ring is 1. The van der Waals surface area contributed by atoms with Gasteiger partial charge in [-0.15, -0.1) is 0 Å². The van der Waals surface area contributed by atoms with Crippen LogP contribution in [0.2, 0.25) is 5.02 Å². The number of aromatic nitrogens is 1. The van der Waals surface area contributed by atoms with Gasteiger partial charge in [0.1, 0.15) is 5.82 Å². The Hall–Kier alpha value is -0.940. The summed E-state index contributed by atoms with van der Waals surface area (Å²) in [5.74, 6) is 0.956. The zero-order valence-corrected chi connectivity index (χ0v) is 11.4. The maximum Gasteiger partial charge on any atom is 0.253 e. The van der Waals surface area contributed by atoms with E-state index in [1.165, 1.54) is 12.3 Å². The fraction of sp³-hybridized carbons (Fsp3) is 0.455. The van der Waals surface area contributed by atoms with Gasteiger partial charge in [0.2, 0.25) is 0 Å². The van der Waals surface area contributed by atoms with Crippen LogP contribution in [0.15, 0.2) is 12.3 Å². The molecule has 1 atom stereocenters. The molecule has 1 rings (SSSR count). The predicted octanol–water partition coefficient (Wildman–Crippen LogP) is 2.19. The maximum atomic E-state index is 11.9. The largest absolute Gasteiger partial charge is 0.382 e. The van der Waals surface area contributed by atoms with E-state index in [4.69, 9.17) is 17.3 Å². The van der Waals surface area contributed by atoms with E-state index < -0.39 is 0 Å². The Morgan fingerprint density at radius 2 is 2.41 bits per heavy atom. The van der Waals surface area contributed by atoms with Gasteiger partial charge in [-0.1, -0.05) is 18.5 Å². The number of carbonyl (C=O) groups excluding carboxylic acids is 1. The zero-order valence-electron chi connectivity index (χ0n) is 9.87. The lowest BCUT2D eigenvalue weighted by Crippen LogP contribution is -2.36. The number of amides is 1. The topological polar surface area (TPSA) is 68.0 Å². The number of hydrogen-bond donors (Lipinski definition) is 2. The molecule has 0 saturated heterocycles. The summed E-state index contributed by atoms with van der Waals surface area (Å²) in [5.41, 5.74) is 5.92. The van der Waals surface area contributed by atoms with Gasteiger partial charge in [0.25, 0.3) is 5.91 Å². The molecule has 0 spiro atoms. The summed E-state index contributed by atoms with van der Waals surface area (Å²) >= 11 is 7.52. The number of thioether (sulfide) groups is 1. The number of hydrogen-bond acceptors (Lipinski definition) is 4. The van der Waals surface area contributed by atoms with E-state index in [1.54, 1.807) is 11.8 Å². The first-order valence-electron chi connectivity index (χ1n) is 5.29. The molecule has 1 aromatic rings. The van der Waals surface area contributed by atoms with Crippen molar-refractivity contribution in [2.75, 3.05) is 17.7 Å². The van der Waals surface area contributed by atoms with Gasteiger partial charge in [0.15, 0.2) is 0 Å². The van der Waals surface area contributed by atoms with Crippen molar-refractivity contribution in [1.82, 2.24) is 10.3 Å². The molecule has 0 aliphatic heterocycles. The standard InChI is InChI=1S/C11H16ClN3OS/c1-3-8(6-17-2)15-11(16)7-4-9(12)10(13)14-5-7/h4-5,8H,3,6H2,1-2H3,(H2,13,14)(H,15,16). The smallest absolute Gasteiger partial charge is 0.253 e. The van der Waals surface area contributed by atoms with Gasteiger partial charge < -0.3 is 11.1 Å². The number of nitrogens with zero attached hydrogens (tertiary/aromatic N) is 1. The molecule has 17 heavy (non-hydrogen) atoms. The third-order valence-electron chi connectivity index (χ3n) is 2.33. The molecule has 0 fully saturated rings. The minimum absolute atomic E-state index is 0.161. The van der Waals surface area contributed by atoms with Gasteiger partial charge >= 0.3 is 0 Å². The number of anilines is 1. The number of pyridine rings is 1. The van der Waals surface area contributed by atoms with Crippen LogP contribution in [-0.4, -0.2) is 28.9 Å². The summed E-state index contributed by atoms with van der Waals surface area (Å²) < 4.78 is 0. The van der Waals surface area contributed by atoms with Gasteiger partial charge in [-0.25, -0.2) is 4.98 Å². The molecule has 1 amide bonds. The van der Waals surface area contributed by atoms with E-state index in [-0.39, 0.29) is 17.8 Å². The molecular formula is C11H16ClN3OS. The Morgan fingerprint density at radius 3 is 2.94 bits per heavy atom. The van der Waals surface area contributed by atoms with Gasteiger partial charge in [-0.3, -0.25) is 4.79 Å². The Labute approximate surface area is 110 Å². The molecule has 0 radical (unpaired) electrons. The SMILES string of the molecule is CCC(CSC)NC(=O)c1cnc(N)c(Cl)c1. The first kappa shape index (κ1) is 14.1. The number of nitrogens with two attached hydrogens (primary N) is 1. The van der Waals surface area contributed by atoms with Crippen molar-refractivity contribution in [3.8, 4) is 0 Å². The van der Waals surface area contributed by atoms with Gasteiger partial charge in [0, 0.05) is 18.0 Å². The first-order valence-corrected chi connectivity index (χ1v) is 7.06. The van der Waals surface area contributed by atoms with Gasteiger partial charge in [0.05, 0.1) is 10.6 Å². The minimum atomic E-state index is -0.166. The monoisotopic (exact) mass is 273 g/mol. The maximum absolute atomic E-state index is 11.9. The average Bonchev–Trinajstić information content (AvgIpc) is 2.31. The highest BCUT2D eigenvalue weighted by Gasteiger charge is 2.13. The van der Waals surface area contributed by atoms with E-state index in [2.05, 4.69) is 10.3 Å². The van der Waals surface area contributed by atoms with Crippen LogP contribution in [0.3, 0.4) is 0 Å². The first-order chi connectivity index (χ1) is 8.08. The lowest BCUT2D eigenvalue weighted by atomic mass is 10.2. The van der Waals surface area contributed by atoms with Crippen LogP contribution < -0.4 is 11.1 Å². The fourth-order valence-corrected chi connectivity index (χ4v) is 2.19. The van der Waals surface area contributed by atoms with E-state index in [0.717, 1.165) is 12.2 Å². The van der Waals surface area contributed by atoms with Crippen molar-refractivity contribution in [3.63, 3.8) is 0 Å². The Balaban J connectivity index is 2.72. The molecule has 4 nitrogen and oxygen atoms in total. The van der Waals surface area contributed by atoms with Gasteiger partial charge in [-0.2, -0.15) is 11.8 Å². The highest BCUT2D eigenvalue weighted by Crippen LogP contribution is 2.16. The summed E-state index contributed by atoms with van der Waals surface area (Å²) in [6.45, 7) is 2.04. The van der Waals surface area contributed by atoms with Crippen molar-refractivity contribution < 1.29 is 4.79 Å². The molecule has 6 heteroatoms. The normalized spacial score (nSPS) is 12.2. The summed E-state index contributed by atoms with van der Waals surface area (Å²) in [5, 5.41) is 3.23. The second-order valence-electron chi connectivity index (χ2n) is 3.63. The lowest BCUT2D eigenvalue weighted by Gasteiger charge is -2.15. The molecular weight excluding hydrogens is 258 g/mol. The number of halogens is 1. The minimum Gasteiger partial charge on any atom is -0.382 e. The van der Waals surface area contributed by atoms with E-state index in [1.807, 2.05) is 13.2 Å². The highest BCUT2D eigenvalue weighted by molar-refractivity contribution is 7.98. The molecule has 1 heterocycles. The summed E-state index contributed by atoms with van der Waals surface area (Å²) in [4.78, 5) is 15.8. The van der Waals surface area contributed by atoms with E-state index in [9.17, 15) is 4.79 Å². The molecule has 0 aromatic carbocycles. The van der Waals surface area contributed by atoms with Crippen molar-refractivity contribution in [1.29, 1.82) is 0 Å². The second-order valence-corrected chi connectivity index (χ2v) is 4.94. The van der Waals surface area contributed by atoms with Crippen molar-refractivity contribution in [2.45, 2.75) is 19.4 Å². The Bertz CT molecular complexity index is 400. The molecule has 1 unspecified atom stereocenters. The van der Waals surface area contributed by atoms with Crippen LogP contribution in [0, 0.1) is 0 Å². The zero-order chi connectivity index (χ0) is 12.8. The van der Waals surface area contributed by atoms with E-state index >= 15 is 0 Å². The van der Waals surface area contributed by atoms with Crippen LogP contribution in [-0.2, 0) is 0 Å². The van der Waals surface area contributed by atoms with E-state index in [0.29, 0.717) is 10.6 Å². The van der Waals surface area contributed by atoms with Crippen molar-refractivity contribution >= 4 is 35.1 Å². The molecule has 1 aromatic heterocycles. The van der Waals surface area contributed by atoms with Crippen LogP contribution in [0.4, 0.5) is 5.82 Å². The lowest BCUT2D eigenvalue weighted by molar-refractivity contribution is 0.0939. The van der Waals surface area contributed by atoms with Crippen LogP contribution in [0.1, 0.15) is 23.7 Å². The number of nitrogens with one attached hydrogen (secondary N) is 1. The molecule has 0 saturated carbocycles. The highest BCUT2D eigenvalue weighted by atomic mass is 35.5. The quantitative estimate of drug-likeness (QED) is 0.863. The molecule has 0 bridgehead atoms. The third kappa shape index (κ3) is 4.09. The Morgan fingerprint density at radius 1 is 1.71 bits per heavy atom. The number of rotatable bonds is 5. The van der Waals surface area contributed by atoms with Crippen molar-refractivity contribution in [3.05, 3.63) is 22.8 Å². The molecule has 94 valence electrons. The second kappa shape index (κ2) is 6.71. The van der Waals surface area contributed by atoms with Gasteiger partial charge in [-0.05, 0) is 18.7 Å². The molecule has 0 aliphatic carbocycles. The number of carbonyl (C=O) groups is 1. The van der Waals surface area contributed by atoms with Crippen molar-refractivity contribution in [2.24, 2.45) is 0 Å². The van der Waals surface area contributed by atoms with Crippen LogP contribution >= 0.6 is 23.4 Å². The van der Waals surface area contributed by atoms with Crippen LogP contribution in [0.5, 0.6) is 0 Å². The Kier molecular flexibility index (Phi) is 5.58. The summed E-state index contributed by atoms with van der Waals surface area (Å²) in [6, 6.07) is 1.69. The third-order valence-corrected chi connectivity index (χ3v) is 3.37. The summed E-state index contributed by atoms with van der Waals surface area (Å²) in [7, 11) is 0. The predicted molar refractivity (Wildman–Crippen MR) is 73.6 cm³/mol. The molecule has 3 N–H and O–H groups in total. The fourth-order valence-electron chi connectivity index (χ4n) is 1.30. The average molecular weight is 274 g/mol. The van der Waals surface area contributed by atoms with Crippen LogP contribution in [0.25, 0.3) is 0 Å². The molecule has 0 aliphatic rings. The summed E-state index contributed by atoms with van der Waals surface area (Å²) in [6.07, 6.45) is 4.33.